The Morgan fingerprint density at radius 3 is 2.60 bits per heavy atom. The zero-order chi connectivity index (χ0) is 18.0. The van der Waals surface area contributed by atoms with Crippen LogP contribution < -0.4 is 10.9 Å². The molecule has 1 aliphatic carbocycles. The highest BCUT2D eigenvalue weighted by Crippen LogP contribution is 2.24. The second-order valence-corrected chi connectivity index (χ2v) is 7.62. The van der Waals surface area contributed by atoms with Gasteiger partial charge in [-0.05, 0) is 30.7 Å². The third kappa shape index (κ3) is 3.75. The average Bonchev–Trinajstić information content (AvgIpc) is 2.59. The van der Waals surface area contributed by atoms with Gasteiger partial charge in [0.25, 0.3) is 11.5 Å². The van der Waals surface area contributed by atoms with E-state index in [1.165, 1.54) is 11.1 Å². The van der Waals surface area contributed by atoms with Crippen LogP contribution in [0, 0.1) is 11.8 Å². The predicted molar refractivity (Wildman–Crippen MR) is 99.7 cm³/mol. The van der Waals surface area contributed by atoms with Gasteiger partial charge in [-0.25, -0.2) is 4.68 Å². The topological polar surface area (TPSA) is 64.0 Å². The van der Waals surface area contributed by atoms with Crippen molar-refractivity contribution in [1.82, 2.24) is 15.1 Å². The van der Waals surface area contributed by atoms with Crippen LogP contribution in [0.2, 0.25) is 0 Å². The third-order valence-corrected chi connectivity index (χ3v) is 5.05. The van der Waals surface area contributed by atoms with Gasteiger partial charge in [0.15, 0.2) is 5.69 Å². The highest BCUT2D eigenvalue weighted by Gasteiger charge is 2.25. The normalized spacial score (nSPS) is 20.8. The van der Waals surface area contributed by atoms with Crippen LogP contribution >= 0.6 is 0 Å². The number of aromatic nitrogens is 2. The molecule has 0 unspecified atom stereocenters. The lowest BCUT2D eigenvalue weighted by Gasteiger charge is -2.29. The quantitative estimate of drug-likeness (QED) is 0.927. The minimum Gasteiger partial charge on any atom is -0.348 e. The van der Waals surface area contributed by atoms with E-state index in [4.69, 9.17) is 0 Å². The Morgan fingerprint density at radius 1 is 1.24 bits per heavy atom. The van der Waals surface area contributed by atoms with Crippen molar-refractivity contribution in [2.45, 2.75) is 59.0 Å². The molecular formula is C20H27N3O2. The van der Waals surface area contributed by atoms with Crippen LogP contribution in [0.25, 0.3) is 10.8 Å². The number of fused-ring (bicyclic) bond motifs is 1. The molecule has 1 amide bonds. The number of hydrogen-bond donors (Lipinski definition) is 1. The van der Waals surface area contributed by atoms with E-state index in [0.717, 1.165) is 19.3 Å². The summed E-state index contributed by atoms with van der Waals surface area (Å²) in [4.78, 5) is 25.6. The molecule has 1 aromatic heterocycles. The van der Waals surface area contributed by atoms with Gasteiger partial charge in [0.1, 0.15) is 0 Å². The second kappa shape index (κ2) is 7.38. The van der Waals surface area contributed by atoms with Crippen molar-refractivity contribution in [1.29, 1.82) is 0 Å². The van der Waals surface area contributed by atoms with Crippen LogP contribution in [-0.4, -0.2) is 21.7 Å². The Hall–Kier alpha value is -2.17. The van der Waals surface area contributed by atoms with Crippen molar-refractivity contribution in [3.05, 3.63) is 40.3 Å². The molecule has 5 nitrogen and oxygen atoms in total. The number of nitrogens with zero attached hydrogens (tertiary/aromatic N) is 2. The zero-order valence-corrected chi connectivity index (χ0v) is 15.3. The van der Waals surface area contributed by atoms with Crippen LogP contribution in [0.5, 0.6) is 0 Å². The van der Waals surface area contributed by atoms with E-state index in [1.807, 2.05) is 32.0 Å². The maximum absolute atomic E-state index is 12.9. The van der Waals surface area contributed by atoms with E-state index in [2.05, 4.69) is 17.3 Å². The molecule has 3 rings (SSSR count). The van der Waals surface area contributed by atoms with Crippen molar-refractivity contribution in [2.24, 2.45) is 11.8 Å². The molecule has 1 saturated carbocycles. The fraction of sp³-hybridized carbons (Fsp3) is 0.550. The molecule has 1 N–H and O–H groups in total. The van der Waals surface area contributed by atoms with E-state index < -0.39 is 0 Å². The van der Waals surface area contributed by atoms with Crippen molar-refractivity contribution in [2.75, 3.05) is 0 Å². The second-order valence-electron chi connectivity index (χ2n) is 7.62. The molecule has 25 heavy (non-hydrogen) atoms. The summed E-state index contributed by atoms with van der Waals surface area (Å²) in [5.74, 6) is 0.582. The lowest BCUT2D eigenvalue weighted by atomic mass is 9.86. The van der Waals surface area contributed by atoms with Gasteiger partial charge in [-0.1, -0.05) is 51.8 Å². The summed E-state index contributed by atoms with van der Waals surface area (Å²) in [6, 6.07) is 7.44. The SMILES string of the molecule is CC(C)Cn1nc(C(=O)N[C@@H]2CCCC[C@H]2C)c2ccccc2c1=O. The van der Waals surface area contributed by atoms with Gasteiger partial charge in [-0.2, -0.15) is 5.10 Å². The van der Waals surface area contributed by atoms with E-state index in [9.17, 15) is 9.59 Å². The van der Waals surface area contributed by atoms with Gasteiger partial charge in [0, 0.05) is 18.0 Å². The third-order valence-electron chi connectivity index (χ3n) is 5.05. The van der Waals surface area contributed by atoms with Gasteiger partial charge in [0.2, 0.25) is 0 Å². The Kier molecular flexibility index (Phi) is 5.21. The van der Waals surface area contributed by atoms with E-state index in [-0.39, 0.29) is 23.4 Å². The van der Waals surface area contributed by atoms with Crippen molar-refractivity contribution in [3.8, 4) is 0 Å². The smallest absolute Gasteiger partial charge is 0.274 e. The van der Waals surface area contributed by atoms with Crippen molar-refractivity contribution >= 4 is 16.7 Å². The van der Waals surface area contributed by atoms with E-state index in [0.29, 0.717) is 28.9 Å². The first-order valence-electron chi connectivity index (χ1n) is 9.28. The molecule has 1 heterocycles. The first-order chi connectivity index (χ1) is 12.0. The fourth-order valence-electron chi connectivity index (χ4n) is 3.64. The molecule has 5 heteroatoms. The van der Waals surface area contributed by atoms with Crippen molar-refractivity contribution < 1.29 is 4.79 Å². The summed E-state index contributed by atoms with van der Waals surface area (Å²) in [7, 11) is 0. The van der Waals surface area contributed by atoms with Crippen LogP contribution in [0.3, 0.4) is 0 Å². The highest BCUT2D eigenvalue weighted by atomic mass is 16.2. The largest absolute Gasteiger partial charge is 0.348 e. The highest BCUT2D eigenvalue weighted by molar-refractivity contribution is 6.04. The maximum atomic E-state index is 12.9. The van der Waals surface area contributed by atoms with Crippen LogP contribution in [-0.2, 0) is 6.54 Å². The minimum atomic E-state index is -0.174. The molecular weight excluding hydrogens is 314 g/mol. The fourth-order valence-corrected chi connectivity index (χ4v) is 3.64. The number of benzene rings is 1. The summed E-state index contributed by atoms with van der Waals surface area (Å²) in [5.41, 5.74) is 0.223. The number of nitrogens with one attached hydrogen (secondary N) is 1. The molecule has 134 valence electrons. The molecule has 1 fully saturated rings. The molecule has 2 aromatic rings. The summed E-state index contributed by atoms with van der Waals surface area (Å²) in [6.07, 6.45) is 4.53. The van der Waals surface area contributed by atoms with Crippen molar-refractivity contribution in [3.63, 3.8) is 0 Å². The van der Waals surface area contributed by atoms with Gasteiger partial charge in [-0.15, -0.1) is 0 Å². The van der Waals surface area contributed by atoms with Crippen LogP contribution in [0.1, 0.15) is 56.9 Å². The predicted octanol–water partition coefficient (Wildman–Crippen LogP) is 3.36. The summed E-state index contributed by atoms with van der Waals surface area (Å²) in [6.45, 7) is 6.76. The van der Waals surface area contributed by atoms with E-state index >= 15 is 0 Å². The van der Waals surface area contributed by atoms with Gasteiger partial charge in [-0.3, -0.25) is 9.59 Å². The first kappa shape index (κ1) is 17.6. The zero-order valence-electron chi connectivity index (χ0n) is 15.3. The van der Waals surface area contributed by atoms with Gasteiger partial charge < -0.3 is 5.32 Å². The van der Waals surface area contributed by atoms with Crippen LogP contribution in [0.15, 0.2) is 29.1 Å². The molecule has 0 radical (unpaired) electrons. The summed E-state index contributed by atoms with van der Waals surface area (Å²) >= 11 is 0. The molecule has 0 bridgehead atoms. The lowest BCUT2D eigenvalue weighted by Crippen LogP contribution is -2.42. The molecule has 1 aromatic carbocycles. The van der Waals surface area contributed by atoms with Gasteiger partial charge in [0.05, 0.1) is 5.39 Å². The maximum Gasteiger partial charge on any atom is 0.274 e. The standard InChI is InChI=1S/C20H27N3O2/c1-13(2)12-23-20(25)16-10-6-5-9-15(16)18(22-23)19(24)21-17-11-7-4-8-14(17)3/h5-6,9-10,13-14,17H,4,7-8,11-12H2,1-3H3,(H,21,24)/t14-,17-/m1/s1. The molecule has 0 saturated heterocycles. The Morgan fingerprint density at radius 2 is 1.92 bits per heavy atom. The lowest BCUT2D eigenvalue weighted by molar-refractivity contribution is 0.0904. The number of rotatable bonds is 4. The first-order valence-corrected chi connectivity index (χ1v) is 9.28. The van der Waals surface area contributed by atoms with E-state index in [1.54, 1.807) is 6.07 Å². The number of carbonyl (C=O) groups excluding carboxylic acids is 1. The Balaban J connectivity index is 2.00. The summed E-state index contributed by atoms with van der Waals surface area (Å²) < 4.78 is 1.44. The summed E-state index contributed by atoms with van der Waals surface area (Å²) in [5, 5.41) is 8.77. The Bertz CT molecular complexity index is 825. The van der Waals surface area contributed by atoms with Crippen LogP contribution in [0.4, 0.5) is 0 Å². The molecule has 0 aliphatic heterocycles. The number of hydrogen-bond acceptors (Lipinski definition) is 3. The monoisotopic (exact) mass is 341 g/mol. The van der Waals surface area contributed by atoms with Gasteiger partial charge >= 0.3 is 0 Å². The average molecular weight is 341 g/mol. The molecule has 0 spiro atoms. The molecule has 1 aliphatic rings. The Labute approximate surface area is 148 Å². The number of amides is 1. The molecule has 2 atom stereocenters. The number of carbonyl (C=O) groups is 1. The minimum absolute atomic E-state index is 0.133.